The van der Waals surface area contributed by atoms with Gasteiger partial charge < -0.3 is 0 Å². The molecule has 0 saturated heterocycles. The van der Waals surface area contributed by atoms with Crippen molar-refractivity contribution in [3.8, 4) is 0 Å². The van der Waals surface area contributed by atoms with Crippen LogP contribution in [-0.2, 0) is 12.8 Å². The van der Waals surface area contributed by atoms with Crippen molar-refractivity contribution < 1.29 is 4.79 Å². The number of hydrogen-bond acceptors (Lipinski definition) is 1. The molecular formula is C16H14Cl2O. The Balaban J connectivity index is 1.98. The summed E-state index contributed by atoms with van der Waals surface area (Å²) in [6.07, 6.45) is 1.94. The van der Waals surface area contributed by atoms with Gasteiger partial charge in [0.1, 0.15) is 0 Å². The number of rotatable bonds is 5. The number of hydrogen-bond donors (Lipinski definition) is 0. The lowest BCUT2D eigenvalue weighted by Gasteiger charge is -2.04. The van der Waals surface area contributed by atoms with Gasteiger partial charge in [0.15, 0.2) is 10.6 Å². The minimum absolute atomic E-state index is 0.252. The monoisotopic (exact) mass is 292 g/mol. The Morgan fingerprint density at radius 2 is 1.37 bits per heavy atom. The van der Waals surface area contributed by atoms with Gasteiger partial charge in [-0.15, -0.1) is 0 Å². The van der Waals surface area contributed by atoms with Gasteiger partial charge in [-0.3, -0.25) is 4.79 Å². The van der Waals surface area contributed by atoms with Crippen LogP contribution in [0.4, 0.5) is 0 Å². The number of carbonyl (C=O) groups is 1. The Morgan fingerprint density at radius 1 is 0.842 bits per heavy atom. The summed E-state index contributed by atoms with van der Waals surface area (Å²) in [6, 6.07) is 17.8. The molecule has 0 aliphatic carbocycles. The maximum atomic E-state index is 11.6. The van der Waals surface area contributed by atoms with E-state index < -0.39 is 4.84 Å². The Kier molecular flexibility index (Phi) is 5.00. The van der Waals surface area contributed by atoms with E-state index in [0.29, 0.717) is 5.56 Å². The Labute approximate surface area is 123 Å². The number of ketones is 1. The molecule has 0 aliphatic rings. The van der Waals surface area contributed by atoms with Crippen LogP contribution in [0.5, 0.6) is 0 Å². The average Bonchev–Trinajstić information content (AvgIpc) is 2.46. The van der Waals surface area contributed by atoms with Crippen LogP contribution in [0, 0.1) is 0 Å². The summed E-state index contributed by atoms with van der Waals surface area (Å²) in [5.41, 5.74) is 3.06. The molecule has 3 heteroatoms. The number of halogens is 2. The van der Waals surface area contributed by atoms with Crippen LogP contribution in [0.1, 0.15) is 21.5 Å². The first-order valence-corrected chi connectivity index (χ1v) is 6.99. The summed E-state index contributed by atoms with van der Waals surface area (Å²) in [5, 5.41) is 0. The molecule has 1 nitrogen and oxygen atoms in total. The van der Waals surface area contributed by atoms with E-state index in [1.165, 1.54) is 11.1 Å². The van der Waals surface area contributed by atoms with Crippen molar-refractivity contribution in [3.63, 3.8) is 0 Å². The highest BCUT2D eigenvalue weighted by atomic mass is 35.5. The predicted octanol–water partition coefficient (Wildman–Crippen LogP) is 4.46. The van der Waals surface area contributed by atoms with E-state index in [2.05, 4.69) is 12.1 Å². The fourth-order valence-corrected chi connectivity index (χ4v) is 2.15. The van der Waals surface area contributed by atoms with Crippen molar-refractivity contribution in [1.82, 2.24) is 0 Å². The molecule has 2 aromatic rings. The van der Waals surface area contributed by atoms with Crippen molar-refractivity contribution in [1.29, 1.82) is 0 Å². The zero-order chi connectivity index (χ0) is 13.7. The maximum absolute atomic E-state index is 11.6. The van der Waals surface area contributed by atoms with Crippen LogP contribution in [-0.4, -0.2) is 10.6 Å². The van der Waals surface area contributed by atoms with Crippen LogP contribution in [0.3, 0.4) is 0 Å². The zero-order valence-corrected chi connectivity index (χ0v) is 11.9. The highest BCUT2D eigenvalue weighted by Crippen LogP contribution is 2.14. The van der Waals surface area contributed by atoms with Crippen molar-refractivity contribution in [2.24, 2.45) is 0 Å². The molecule has 0 amide bonds. The van der Waals surface area contributed by atoms with Crippen LogP contribution >= 0.6 is 23.2 Å². The molecule has 0 aliphatic heterocycles. The third kappa shape index (κ3) is 4.09. The number of benzene rings is 2. The minimum atomic E-state index is -0.991. The third-order valence-corrected chi connectivity index (χ3v) is 3.38. The summed E-state index contributed by atoms with van der Waals surface area (Å²) in [5.74, 6) is -0.252. The van der Waals surface area contributed by atoms with E-state index in [0.717, 1.165) is 12.8 Å². The zero-order valence-electron chi connectivity index (χ0n) is 10.4. The molecule has 0 aromatic heterocycles. The standard InChI is InChI=1S/C16H14Cl2O/c17-16(18)15(19)14-10-8-13(9-11-14)7-6-12-4-2-1-3-5-12/h1-5,8-11,16H,6-7H2. The van der Waals surface area contributed by atoms with E-state index in [1.54, 1.807) is 12.1 Å². The van der Waals surface area contributed by atoms with Gasteiger partial charge in [0, 0.05) is 5.56 Å². The lowest BCUT2D eigenvalue weighted by atomic mass is 10.0. The van der Waals surface area contributed by atoms with Gasteiger partial charge >= 0.3 is 0 Å². The van der Waals surface area contributed by atoms with Gasteiger partial charge in [0.05, 0.1) is 0 Å². The summed E-state index contributed by atoms with van der Waals surface area (Å²) in [7, 11) is 0. The first-order valence-electron chi connectivity index (χ1n) is 6.12. The second kappa shape index (κ2) is 6.74. The van der Waals surface area contributed by atoms with Gasteiger partial charge in [0.2, 0.25) is 0 Å². The molecule has 0 unspecified atom stereocenters. The third-order valence-electron chi connectivity index (χ3n) is 2.98. The molecule has 0 fully saturated rings. The van der Waals surface area contributed by atoms with Crippen molar-refractivity contribution in [3.05, 3.63) is 71.3 Å². The smallest absolute Gasteiger partial charge is 0.195 e. The van der Waals surface area contributed by atoms with Crippen LogP contribution in [0.2, 0.25) is 0 Å². The summed E-state index contributed by atoms with van der Waals surface area (Å²) in [4.78, 5) is 10.6. The second-order valence-electron chi connectivity index (χ2n) is 4.35. The lowest BCUT2D eigenvalue weighted by Crippen LogP contribution is -2.07. The molecule has 2 rings (SSSR count). The predicted molar refractivity (Wildman–Crippen MR) is 80.1 cm³/mol. The second-order valence-corrected chi connectivity index (χ2v) is 5.44. The van der Waals surface area contributed by atoms with Gasteiger partial charge in [-0.2, -0.15) is 0 Å². The largest absolute Gasteiger partial charge is 0.291 e. The van der Waals surface area contributed by atoms with Gasteiger partial charge in [-0.25, -0.2) is 0 Å². The number of Topliss-reactive ketones (excluding diaryl/α,β-unsaturated/α-hetero) is 1. The fraction of sp³-hybridized carbons (Fsp3) is 0.188. The first-order chi connectivity index (χ1) is 9.16. The van der Waals surface area contributed by atoms with E-state index >= 15 is 0 Å². The van der Waals surface area contributed by atoms with E-state index in [1.807, 2.05) is 30.3 Å². The molecule has 2 aromatic carbocycles. The highest BCUT2D eigenvalue weighted by Gasteiger charge is 2.13. The quantitative estimate of drug-likeness (QED) is 0.587. The summed E-state index contributed by atoms with van der Waals surface area (Å²) >= 11 is 11.1. The molecule has 0 bridgehead atoms. The summed E-state index contributed by atoms with van der Waals surface area (Å²) < 4.78 is 0. The first kappa shape index (κ1) is 14.1. The SMILES string of the molecule is O=C(c1ccc(CCc2ccccc2)cc1)C(Cl)Cl. The normalized spacial score (nSPS) is 10.7. The number of aryl methyl sites for hydroxylation is 2. The van der Waals surface area contributed by atoms with Crippen molar-refractivity contribution in [2.75, 3.05) is 0 Å². The number of alkyl halides is 2. The van der Waals surface area contributed by atoms with Crippen LogP contribution in [0.25, 0.3) is 0 Å². The van der Waals surface area contributed by atoms with Crippen LogP contribution < -0.4 is 0 Å². The topological polar surface area (TPSA) is 17.1 Å². The average molecular weight is 293 g/mol. The highest BCUT2D eigenvalue weighted by molar-refractivity contribution is 6.55. The molecule has 0 radical (unpaired) electrons. The molecule has 0 atom stereocenters. The molecule has 0 N–H and O–H groups in total. The maximum Gasteiger partial charge on any atom is 0.195 e. The van der Waals surface area contributed by atoms with E-state index in [-0.39, 0.29) is 5.78 Å². The summed E-state index contributed by atoms with van der Waals surface area (Å²) in [6.45, 7) is 0. The molecule has 0 heterocycles. The van der Waals surface area contributed by atoms with E-state index in [9.17, 15) is 4.79 Å². The molecule has 0 saturated carbocycles. The van der Waals surface area contributed by atoms with Gasteiger partial charge in [-0.05, 0) is 24.0 Å². The van der Waals surface area contributed by atoms with Crippen molar-refractivity contribution in [2.45, 2.75) is 17.7 Å². The Hall–Kier alpha value is -1.31. The lowest BCUT2D eigenvalue weighted by molar-refractivity contribution is 0.101. The van der Waals surface area contributed by atoms with Crippen molar-refractivity contribution >= 4 is 29.0 Å². The minimum Gasteiger partial charge on any atom is -0.291 e. The molecule has 0 spiro atoms. The van der Waals surface area contributed by atoms with Gasteiger partial charge in [-0.1, -0.05) is 77.8 Å². The molecular weight excluding hydrogens is 279 g/mol. The fourth-order valence-electron chi connectivity index (χ4n) is 1.90. The number of carbonyl (C=O) groups excluding carboxylic acids is 1. The van der Waals surface area contributed by atoms with Crippen LogP contribution in [0.15, 0.2) is 54.6 Å². The van der Waals surface area contributed by atoms with Gasteiger partial charge in [0.25, 0.3) is 0 Å². The molecule has 98 valence electrons. The Morgan fingerprint density at radius 3 is 1.89 bits per heavy atom. The Bertz CT molecular complexity index is 532. The van der Waals surface area contributed by atoms with E-state index in [4.69, 9.17) is 23.2 Å². The molecule has 19 heavy (non-hydrogen) atoms.